The van der Waals surface area contributed by atoms with Crippen LogP contribution < -0.4 is 4.74 Å². The van der Waals surface area contributed by atoms with Crippen LogP contribution in [0.3, 0.4) is 0 Å². The van der Waals surface area contributed by atoms with E-state index in [1.807, 2.05) is 18.2 Å². The zero-order valence-corrected chi connectivity index (χ0v) is 12.5. The smallest absolute Gasteiger partial charge is 0.126 e. The Labute approximate surface area is 116 Å². The van der Waals surface area contributed by atoms with Crippen molar-refractivity contribution in [3.63, 3.8) is 0 Å². The van der Waals surface area contributed by atoms with Gasteiger partial charge in [0.1, 0.15) is 12.4 Å². The maximum Gasteiger partial charge on any atom is 0.126 e. The van der Waals surface area contributed by atoms with E-state index in [4.69, 9.17) is 4.74 Å². The van der Waals surface area contributed by atoms with Crippen molar-refractivity contribution >= 4 is 0 Å². The van der Waals surface area contributed by atoms with Gasteiger partial charge in [-0.1, -0.05) is 30.3 Å². The molecule has 2 rings (SSSR count). The van der Waals surface area contributed by atoms with Crippen molar-refractivity contribution in [1.82, 2.24) is 0 Å². The van der Waals surface area contributed by atoms with Gasteiger partial charge in [0.25, 0.3) is 0 Å². The Bertz CT molecular complexity index is 553. The van der Waals surface area contributed by atoms with Gasteiger partial charge in [0.15, 0.2) is 0 Å². The van der Waals surface area contributed by atoms with Crippen molar-refractivity contribution in [2.45, 2.75) is 41.2 Å². The number of ether oxygens (including phenoxy) is 1. The van der Waals surface area contributed by atoms with Crippen molar-refractivity contribution in [2.24, 2.45) is 0 Å². The summed E-state index contributed by atoms with van der Waals surface area (Å²) in [5, 5.41) is 0. The van der Waals surface area contributed by atoms with Crippen LogP contribution in [0.25, 0.3) is 0 Å². The second-order valence-electron chi connectivity index (χ2n) is 5.23. The minimum Gasteiger partial charge on any atom is -0.488 e. The van der Waals surface area contributed by atoms with Crippen LogP contribution in [0.5, 0.6) is 5.75 Å². The predicted octanol–water partition coefficient (Wildman–Crippen LogP) is 4.81. The van der Waals surface area contributed by atoms with E-state index in [-0.39, 0.29) is 0 Å². The molecule has 0 aliphatic carbocycles. The third kappa shape index (κ3) is 2.65. The molecular formula is C18H22O. The normalized spacial score (nSPS) is 10.6. The number of hydrogen-bond donors (Lipinski definition) is 0. The van der Waals surface area contributed by atoms with Crippen LogP contribution in [0.4, 0.5) is 0 Å². The second-order valence-corrected chi connectivity index (χ2v) is 5.23. The zero-order valence-electron chi connectivity index (χ0n) is 12.5. The lowest BCUT2D eigenvalue weighted by molar-refractivity contribution is 0.301. The van der Waals surface area contributed by atoms with Crippen LogP contribution in [0.1, 0.15) is 33.4 Å². The Hall–Kier alpha value is -1.76. The molecule has 1 heteroatoms. The molecule has 0 saturated carbocycles. The molecule has 0 radical (unpaired) electrons. The minimum atomic E-state index is 0.629. The maximum absolute atomic E-state index is 6.07. The van der Waals surface area contributed by atoms with Gasteiger partial charge in [0, 0.05) is 0 Å². The molecule has 0 heterocycles. The van der Waals surface area contributed by atoms with E-state index in [0.717, 1.165) is 5.75 Å². The first-order valence-corrected chi connectivity index (χ1v) is 6.76. The first-order chi connectivity index (χ1) is 9.02. The number of benzene rings is 2. The molecule has 0 bridgehead atoms. The van der Waals surface area contributed by atoms with E-state index in [1.54, 1.807) is 0 Å². The Balaban J connectivity index is 2.31. The molecule has 0 amide bonds. The summed E-state index contributed by atoms with van der Waals surface area (Å²) >= 11 is 0. The van der Waals surface area contributed by atoms with Gasteiger partial charge in [-0.15, -0.1) is 0 Å². The first kappa shape index (κ1) is 13.7. The van der Waals surface area contributed by atoms with E-state index in [2.05, 4.69) is 46.8 Å². The van der Waals surface area contributed by atoms with Crippen LogP contribution in [0.2, 0.25) is 0 Å². The minimum absolute atomic E-state index is 0.629. The van der Waals surface area contributed by atoms with E-state index in [0.29, 0.717) is 6.61 Å². The third-order valence-electron chi connectivity index (χ3n) is 4.16. The van der Waals surface area contributed by atoms with Crippen molar-refractivity contribution in [2.75, 3.05) is 0 Å². The van der Waals surface area contributed by atoms with Crippen LogP contribution >= 0.6 is 0 Å². The van der Waals surface area contributed by atoms with Crippen LogP contribution in [-0.2, 0) is 6.61 Å². The summed E-state index contributed by atoms with van der Waals surface area (Å²) in [5.41, 5.74) is 7.78. The molecule has 0 atom stereocenters. The lowest BCUT2D eigenvalue weighted by Crippen LogP contribution is -2.03. The van der Waals surface area contributed by atoms with Crippen LogP contribution in [0, 0.1) is 34.6 Å². The van der Waals surface area contributed by atoms with E-state index >= 15 is 0 Å². The maximum atomic E-state index is 6.07. The molecular weight excluding hydrogens is 232 g/mol. The van der Waals surface area contributed by atoms with Gasteiger partial charge >= 0.3 is 0 Å². The van der Waals surface area contributed by atoms with Crippen molar-refractivity contribution < 1.29 is 4.74 Å². The number of hydrogen-bond acceptors (Lipinski definition) is 1. The molecule has 0 aliphatic rings. The van der Waals surface area contributed by atoms with E-state index in [1.165, 1.54) is 33.4 Å². The van der Waals surface area contributed by atoms with Gasteiger partial charge in [-0.3, -0.25) is 0 Å². The molecule has 1 nitrogen and oxygen atoms in total. The Morgan fingerprint density at radius 2 is 1.16 bits per heavy atom. The first-order valence-electron chi connectivity index (χ1n) is 6.76. The molecule has 0 spiro atoms. The highest BCUT2D eigenvalue weighted by atomic mass is 16.5. The summed E-state index contributed by atoms with van der Waals surface area (Å²) < 4.78 is 6.07. The molecule has 0 fully saturated rings. The number of rotatable bonds is 3. The fraction of sp³-hybridized carbons (Fsp3) is 0.333. The van der Waals surface area contributed by atoms with Gasteiger partial charge in [0.2, 0.25) is 0 Å². The van der Waals surface area contributed by atoms with Gasteiger partial charge < -0.3 is 4.74 Å². The summed E-state index contributed by atoms with van der Waals surface area (Å²) in [7, 11) is 0. The van der Waals surface area contributed by atoms with Crippen LogP contribution in [-0.4, -0.2) is 0 Å². The van der Waals surface area contributed by atoms with Gasteiger partial charge in [0.05, 0.1) is 0 Å². The molecule has 100 valence electrons. The van der Waals surface area contributed by atoms with E-state index in [9.17, 15) is 0 Å². The predicted molar refractivity (Wildman–Crippen MR) is 80.9 cm³/mol. The molecule has 0 aliphatic heterocycles. The van der Waals surface area contributed by atoms with Gasteiger partial charge in [-0.2, -0.15) is 0 Å². The van der Waals surface area contributed by atoms with Crippen molar-refractivity contribution in [1.29, 1.82) is 0 Å². The zero-order chi connectivity index (χ0) is 14.0. The lowest BCUT2D eigenvalue weighted by Gasteiger charge is -2.19. The Morgan fingerprint density at radius 3 is 1.68 bits per heavy atom. The molecule has 0 unspecified atom stereocenters. The summed E-state index contributed by atoms with van der Waals surface area (Å²) in [5.74, 6) is 1.05. The SMILES string of the molecule is Cc1c(C)c(C)c(OCc2ccccc2)c(C)c1C. The molecule has 2 aromatic carbocycles. The standard InChI is InChI=1S/C18H22O/c1-12-13(2)15(4)18(16(5)14(12)3)19-11-17-9-7-6-8-10-17/h6-10H,11H2,1-5H3. The quantitative estimate of drug-likeness (QED) is 0.764. The summed E-state index contributed by atoms with van der Waals surface area (Å²) in [4.78, 5) is 0. The topological polar surface area (TPSA) is 9.23 Å². The molecule has 19 heavy (non-hydrogen) atoms. The summed E-state index contributed by atoms with van der Waals surface area (Å²) in [6, 6.07) is 10.3. The molecule has 0 saturated heterocycles. The monoisotopic (exact) mass is 254 g/mol. The van der Waals surface area contributed by atoms with Crippen molar-refractivity contribution in [3.8, 4) is 5.75 Å². The lowest BCUT2D eigenvalue weighted by atomic mass is 9.94. The molecule has 0 aromatic heterocycles. The Morgan fingerprint density at radius 1 is 0.684 bits per heavy atom. The largest absolute Gasteiger partial charge is 0.488 e. The molecule has 2 aromatic rings. The fourth-order valence-electron chi connectivity index (χ4n) is 2.41. The van der Waals surface area contributed by atoms with E-state index < -0.39 is 0 Å². The second kappa shape index (κ2) is 5.48. The fourth-order valence-corrected chi connectivity index (χ4v) is 2.41. The van der Waals surface area contributed by atoms with Gasteiger partial charge in [-0.25, -0.2) is 0 Å². The highest BCUT2D eigenvalue weighted by Gasteiger charge is 2.13. The highest BCUT2D eigenvalue weighted by Crippen LogP contribution is 2.32. The van der Waals surface area contributed by atoms with Gasteiger partial charge in [-0.05, 0) is 68.0 Å². The van der Waals surface area contributed by atoms with Crippen LogP contribution in [0.15, 0.2) is 30.3 Å². The average Bonchev–Trinajstić information content (AvgIpc) is 2.44. The summed E-state index contributed by atoms with van der Waals surface area (Å²) in [6.45, 7) is 11.5. The third-order valence-corrected chi connectivity index (χ3v) is 4.16. The average molecular weight is 254 g/mol. The Kier molecular flexibility index (Phi) is 3.94. The highest BCUT2D eigenvalue weighted by molar-refractivity contribution is 5.53. The summed E-state index contributed by atoms with van der Waals surface area (Å²) in [6.07, 6.45) is 0. The van der Waals surface area contributed by atoms with Crippen molar-refractivity contribution in [3.05, 3.63) is 63.7 Å². The molecule has 0 N–H and O–H groups in total.